The number of rotatable bonds is 4. The molecule has 29 heavy (non-hydrogen) atoms. The van der Waals surface area contributed by atoms with E-state index in [1.165, 1.54) is 17.3 Å². The van der Waals surface area contributed by atoms with Crippen molar-refractivity contribution in [3.8, 4) is 11.1 Å². The van der Waals surface area contributed by atoms with Gasteiger partial charge in [0.1, 0.15) is 16.2 Å². The van der Waals surface area contributed by atoms with Gasteiger partial charge in [-0.05, 0) is 12.5 Å². The average Bonchev–Trinajstić information content (AvgIpc) is 3.17. The zero-order valence-corrected chi connectivity index (χ0v) is 18.1. The van der Waals surface area contributed by atoms with E-state index >= 15 is 0 Å². The molecule has 3 aromatic rings. The smallest absolute Gasteiger partial charge is 0.233 e. The first-order valence-electron chi connectivity index (χ1n) is 9.48. The van der Waals surface area contributed by atoms with E-state index in [0.29, 0.717) is 31.9 Å². The van der Waals surface area contributed by atoms with Crippen LogP contribution in [0.25, 0.3) is 21.3 Å². The molecule has 0 unspecified atom stereocenters. The number of benzene rings is 1. The molecular weight excluding hydrogens is 404 g/mol. The van der Waals surface area contributed by atoms with Gasteiger partial charge in [-0.3, -0.25) is 9.59 Å². The van der Waals surface area contributed by atoms with Crippen molar-refractivity contribution in [2.24, 2.45) is 0 Å². The highest BCUT2D eigenvalue weighted by molar-refractivity contribution is 8.00. The number of aromatic nitrogens is 2. The summed E-state index contributed by atoms with van der Waals surface area (Å²) in [7, 11) is 0. The van der Waals surface area contributed by atoms with Crippen LogP contribution in [0.15, 0.2) is 41.0 Å². The molecule has 0 N–H and O–H groups in total. The Morgan fingerprint density at radius 2 is 1.76 bits per heavy atom. The van der Waals surface area contributed by atoms with Crippen LogP contribution in [0.1, 0.15) is 12.5 Å². The summed E-state index contributed by atoms with van der Waals surface area (Å²) in [6.07, 6.45) is 1.57. The molecule has 8 heteroatoms. The molecule has 1 aromatic carbocycles. The third kappa shape index (κ3) is 4.28. The van der Waals surface area contributed by atoms with Gasteiger partial charge in [0.15, 0.2) is 0 Å². The van der Waals surface area contributed by atoms with Gasteiger partial charge in [0.2, 0.25) is 11.8 Å². The maximum atomic E-state index is 12.7. The van der Waals surface area contributed by atoms with Crippen LogP contribution in [0, 0.1) is 6.92 Å². The molecule has 1 aliphatic heterocycles. The number of amides is 2. The second kappa shape index (κ2) is 8.51. The van der Waals surface area contributed by atoms with Gasteiger partial charge in [-0.2, -0.15) is 0 Å². The molecule has 0 radical (unpaired) electrons. The molecule has 6 nitrogen and oxygen atoms in total. The zero-order chi connectivity index (χ0) is 20.4. The Morgan fingerprint density at radius 3 is 2.45 bits per heavy atom. The van der Waals surface area contributed by atoms with Gasteiger partial charge in [0, 0.05) is 44.0 Å². The maximum absolute atomic E-state index is 12.7. The highest BCUT2D eigenvalue weighted by Gasteiger charge is 2.23. The van der Waals surface area contributed by atoms with Gasteiger partial charge in [-0.1, -0.05) is 41.6 Å². The van der Waals surface area contributed by atoms with E-state index in [9.17, 15) is 9.59 Å². The topological polar surface area (TPSA) is 66.4 Å². The summed E-state index contributed by atoms with van der Waals surface area (Å²) < 4.78 is 0. The van der Waals surface area contributed by atoms with E-state index in [4.69, 9.17) is 0 Å². The lowest BCUT2D eigenvalue weighted by atomic mass is 10.1. The van der Waals surface area contributed by atoms with Crippen LogP contribution in [-0.2, 0) is 9.59 Å². The van der Waals surface area contributed by atoms with Crippen molar-refractivity contribution >= 4 is 45.1 Å². The van der Waals surface area contributed by atoms with Crippen molar-refractivity contribution < 1.29 is 9.59 Å². The molecular formula is C21H22N4O2S2. The number of hydrogen-bond donors (Lipinski definition) is 0. The fourth-order valence-corrected chi connectivity index (χ4v) is 5.29. The Labute approximate surface area is 177 Å². The van der Waals surface area contributed by atoms with Crippen molar-refractivity contribution in [2.75, 3.05) is 31.9 Å². The summed E-state index contributed by atoms with van der Waals surface area (Å²) in [5, 5.41) is 3.96. The fraction of sp³-hybridized carbons (Fsp3) is 0.333. The highest BCUT2D eigenvalue weighted by Crippen LogP contribution is 2.37. The predicted molar refractivity (Wildman–Crippen MR) is 117 cm³/mol. The Bertz CT molecular complexity index is 1040. The minimum absolute atomic E-state index is 0.0657. The van der Waals surface area contributed by atoms with Gasteiger partial charge in [0.25, 0.3) is 0 Å². The number of carbonyl (C=O) groups excluding carboxylic acids is 2. The molecule has 150 valence electrons. The van der Waals surface area contributed by atoms with E-state index in [-0.39, 0.29) is 11.8 Å². The van der Waals surface area contributed by atoms with Crippen molar-refractivity contribution in [3.05, 3.63) is 41.5 Å². The molecule has 3 heterocycles. The monoisotopic (exact) mass is 426 g/mol. The number of piperazine rings is 1. The summed E-state index contributed by atoms with van der Waals surface area (Å²) in [6.45, 7) is 6.02. The minimum atomic E-state index is 0.0657. The van der Waals surface area contributed by atoms with Crippen LogP contribution in [0.5, 0.6) is 0 Å². The second-order valence-electron chi connectivity index (χ2n) is 7.05. The van der Waals surface area contributed by atoms with Gasteiger partial charge in [-0.15, -0.1) is 11.3 Å². The van der Waals surface area contributed by atoms with Crippen LogP contribution in [0.2, 0.25) is 0 Å². The Morgan fingerprint density at radius 1 is 1.07 bits per heavy atom. The number of thioether (sulfide) groups is 1. The Kier molecular flexibility index (Phi) is 5.82. The normalized spacial score (nSPS) is 14.4. The van der Waals surface area contributed by atoms with Crippen LogP contribution < -0.4 is 0 Å². The van der Waals surface area contributed by atoms with Crippen molar-refractivity contribution in [2.45, 2.75) is 18.9 Å². The molecule has 0 saturated carbocycles. The molecule has 1 aliphatic rings. The second-order valence-corrected chi connectivity index (χ2v) is 8.87. The number of thiophene rings is 1. The van der Waals surface area contributed by atoms with E-state index in [1.54, 1.807) is 29.5 Å². The summed E-state index contributed by atoms with van der Waals surface area (Å²) >= 11 is 3.05. The maximum Gasteiger partial charge on any atom is 0.233 e. The quantitative estimate of drug-likeness (QED) is 0.472. The van der Waals surface area contributed by atoms with E-state index in [2.05, 4.69) is 46.5 Å². The Balaban J connectivity index is 1.50. The third-order valence-corrected chi connectivity index (χ3v) is 6.97. The van der Waals surface area contributed by atoms with Gasteiger partial charge in [-0.25, -0.2) is 9.97 Å². The fourth-order valence-electron chi connectivity index (χ4n) is 3.39. The predicted octanol–water partition coefficient (Wildman–Crippen LogP) is 3.45. The van der Waals surface area contributed by atoms with Crippen LogP contribution in [0.4, 0.5) is 0 Å². The summed E-state index contributed by atoms with van der Waals surface area (Å²) in [4.78, 5) is 37.6. The number of carbonyl (C=O) groups is 2. The molecule has 0 spiro atoms. The van der Waals surface area contributed by atoms with Crippen molar-refractivity contribution in [1.82, 2.24) is 19.8 Å². The summed E-state index contributed by atoms with van der Waals surface area (Å²) in [5.41, 5.74) is 3.45. The first kappa shape index (κ1) is 19.8. The lowest BCUT2D eigenvalue weighted by molar-refractivity contribution is -0.136. The van der Waals surface area contributed by atoms with Crippen molar-refractivity contribution in [3.63, 3.8) is 0 Å². The van der Waals surface area contributed by atoms with Crippen LogP contribution in [-0.4, -0.2) is 63.5 Å². The van der Waals surface area contributed by atoms with E-state index in [0.717, 1.165) is 26.4 Å². The summed E-state index contributed by atoms with van der Waals surface area (Å²) in [5.74, 6) is 0.475. The number of aryl methyl sites for hydroxylation is 1. The molecule has 0 aliphatic carbocycles. The molecule has 2 amide bonds. The van der Waals surface area contributed by atoms with E-state index in [1.807, 2.05) is 4.90 Å². The van der Waals surface area contributed by atoms with Crippen LogP contribution >= 0.6 is 23.1 Å². The number of fused-ring (bicyclic) bond motifs is 1. The third-order valence-electron chi connectivity index (χ3n) is 5.11. The first-order valence-corrected chi connectivity index (χ1v) is 11.3. The summed E-state index contributed by atoms with van der Waals surface area (Å²) in [6, 6.07) is 8.41. The van der Waals surface area contributed by atoms with E-state index < -0.39 is 0 Å². The number of nitrogens with zero attached hydrogens (tertiary/aromatic N) is 4. The first-order chi connectivity index (χ1) is 14.0. The van der Waals surface area contributed by atoms with Crippen LogP contribution in [0.3, 0.4) is 0 Å². The average molecular weight is 427 g/mol. The standard InChI is InChI=1S/C21H22N4O2S2/c1-14-3-5-16(6-4-14)17-11-28-20-19(17)21(23-13-22-20)29-12-18(27)25-9-7-24(8-10-25)15(2)26/h3-6,11,13H,7-10,12H2,1-2H3. The van der Waals surface area contributed by atoms with Gasteiger partial charge >= 0.3 is 0 Å². The van der Waals surface area contributed by atoms with Gasteiger partial charge < -0.3 is 9.80 Å². The molecule has 0 bridgehead atoms. The molecule has 0 atom stereocenters. The molecule has 2 aromatic heterocycles. The molecule has 4 rings (SSSR count). The van der Waals surface area contributed by atoms with Gasteiger partial charge in [0.05, 0.1) is 11.1 Å². The lowest BCUT2D eigenvalue weighted by Gasteiger charge is -2.34. The highest BCUT2D eigenvalue weighted by atomic mass is 32.2. The lowest BCUT2D eigenvalue weighted by Crippen LogP contribution is -2.50. The molecule has 1 fully saturated rings. The molecule has 1 saturated heterocycles. The number of hydrogen-bond acceptors (Lipinski definition) is 6. The minimum Gasteiger partial charge on any atom is -0.339 e. The largest absolute Gasteiger partial charge is 0.339 e. The van der Waals surface area contributed by atoms with Crippen molar-refractivity contribution in [1.29, 1.82) is 0 Å². The Hall–Kier alpha value is -2.45. The SMILES string of the molecule is CC(=O)N1CCN(C(=O)CSc2ncnc3scc(-c4ccc(C)cc4)c23)CC1. The zero-order valence-electron chi connectivity index (χ0n) is 16.4.